The second kappa shape index (κ2) is 10.6. The summed E-state index contributed by atoms with van der Waals surface area (Å²) < 4.78 is 11.6. The van der Waals surface area contributed by atoms with E-state index in [1.165, 1.54) is 0 Å². The predicted octanol–water partition coefficient (Wildman–Crippen LogP) is 3.12. The average Bonchev–Trinajstić information content (AvgIpc) is 2.68. The van der Waals surface area contributed by atoms with E-state index in [1.54, 1.807) is 43.3 Å². The van der Waals surface area contributed by atoms with Crippen molar-refractivity contribution in [3.63, 3.8) is 0 Å². The van der Waals surface area contributed by atoms with Gasteiger partial charge in [-0.05, 0) is 48.5 Å². The predicted molar refractivity (Wildman–Crippen MR) is 107 cm³/mol. The molecule has 0 heterocycles. The van der Waals surface area contributed by atoms with Gasteiger partial charge in [0.15, 0.2) is 0 Å². The molecule has 2 aromatic carbocycles. The standard InChI is InChI=1S/C20H23BrN2O4/c1-23(13-14-27-18-9-7-17(26-2)8-10-18)19(24)11-12-22-20(25)15-3-5-16(21)6-4-15/h3-10H,11-14H2,1-2H3,(H,22,25). The van der Waals surface area contributed by atoms with Gasteiger partial charge in [0.25, 0.3) is 5.91 Å². The van der Waals surface area contributed by atoms with Gasteiger partial charge in [-0.25, -0.2) is 0 Å². The molecular weight excluding hydrogens is 412 g/mol. The van der Waals surface area contributed by atoms with Crippen molar-refractivity contribution in [2.24, 2.45) is 0 Å². The molecule has 2 rings (SSSR count). The Morgan fingerprint density at radius 1 is 1.04 bits per heavy atom. The molecule has 0 spiro atoms. The molecule has 0 atom stereocenters. The molecule has 2 amide bonds. The lowest BCUT2D eigenvalue weighted by molar-refractivity contribution is -0.130. The highest BCUT2D eigenvalue weighted by Gasteiger charge is 2.10. The Bertz CT molecular complexity index is 748. The first-order valence-electron chi connectivity index (χ1n) is 8.54. The van der Waals surface area contributed by atoms with Crippen LogP contribution in [0.2, 0.25) is 0 Å². The van der Waals surface area contributed by atoms with E-state index in [1.807, 2.05) is 24.3 Å². The number of rotatable bonds is 9. The summed E-state index contributed by atoms with van der Waals surface area (Å²) in [6.07, 6.45) is 0.237. The van der Waals surface area contributed by atoms with E-state index in [0.717, 1.165) is 16.0 Å². The van der Waals surface area contributed by atoms with Gasteiger partial charge < -0.3 is 19.7 Å². The Balaban J connectivity index is 1.65. The number of carbonyl (C=O) groups is 2. The van der Waals surface area contributed by atoms with Crippen LogP contribution in [0.15, 0.2) is 53.0 Å². The maximum atomic E-state index is 12.1. The van der Waals surface area contributed by atoms with Crippen LogP contribution in [0, 0.1) is 0 Å². The molecule has 6 nitrogen and oxygen atoms in total. The van der Waals surface area contributed by atoms with Crippen molar-refractivity contribution >= 4 is 27.7 Å². The highest BCUT2D eigenvalue weighted by atomic mass is 79.9. The van der Waals surface area contributed by atoms with Crippen LogP contribution >= 0.6 is 15.9 Å². The van der Waals surface area contributed by atoms with Crippen LogP contribution in [-0.4, -0.2) is 50.6 Å². The zero-order valence-electron chi connectivity index (χ0n) is 15.4. The fourth-order valence-corrected chi connectivity index (χ4v) is 2.54. The van der Waals surface area contributed by atoms with E-state index in [4.69, 9.17) is 9.47 Å². The molecule has 0 aliphatic rings. The summed E-state index contributed by atoms with van der Waals surface area (Å²) in [7, 11) is 3.33. The summed E-state index contributed by atoms with van der Waals surface area (Å²) in [6, 6.07) is 14.3. The van der Waals surface area contributed by atoms with Gasteiger partial charge in [0.1, 0.15) is 18.1 Å². The molecule has 144 valence electrons. The van der Waals surface area contributed by atoms with E-state index >= 15 is 0 Å². The molecule has 0 saturated carbocycles. The summed E-state index contributed by atoms with van der Waals surface area (Å²) in [5, 5.41) is 2.75. The first kappa shape index (κ1) is 20.8. The van der Waals surface area contributed by atoms with Gasteiger partial charge in [-0.3, -0.25) is 9.59 Å². The summed E-state index contributed by atoms with van der Waals surface area (Å²) in [5.41, 5.74) is 0.562. The van der Waals surface area contributed by atoms with Crippen molar-refractivity contribution in [3.05, 3.63) is 58.6 Å². The number of nitrogens with zero attached hydrogens (tertiary/aromatic N) is 1. The van der Waals surface area contributed by atoms with Crippen molar-refractivity contribution in [1.29, 1.82) is 0 Å². The third-order valence-corrected chi connectivity index (χ3v) is 4.44. The Labute approximate surface area is 167 Å². The fraction of sp³-hybridized carbons (Fsp3) is 0.300. The monoisotopic (exact) mass is 434 g/mol. The summed E-state index contributed by atoms with van der Waals surface area (Å²) >= 11 is 3.33. The maximum absolute atomic E-state index is 12.1. The number of likely N-dealkylation sites (N-methyl/N-ethyl adjacent to an activating group) is 1. The highest BCUT2D eigenvalue weighted by Crippen LogP contribution is 2.16. The van der Waals surface area contributed by atoms with Gasteiger partial charge in [-0.1, -0.05) is 15.9 Å². The summed E-state index contributed by atoms with van der Waals surface area (Å²) in [6.45, 7) is 1.14. The maximum Gasteiger partial charge on any atom is 0.251 e. The molecule has 1 N–H and O–H groups in total. The Morgan fingerprint density at radius 3 is 2.30 bits per heavy atom. The van der Waals surface area contributed by atoms with Gasteiger partial charge in [-0.2, -0.15) is 0 Å². The molecule has 0 unspecified atom stereocenters. The Hall–Kier alpha value is -2.54. The van der Waals surface area contributed by atoms with Gasteiger partial charge >= 0.3 is 0 Å². The molecule has 0 fully saturated rings. The number of ether oxygens (including phenoxy) is 2. The van der Waals surface area contributed by atoms with E-state index in [9.17, 15) is 9.59 Å². The number of amides is 2. The number of nitrogens with one attached hydrogen (secondary N) is 1. The summed E-state index contributed by atoms with van der Waals surface area (Å²) in [5.74, 6) is 1.24. The van der Waals surface area contributed by atoms with Gasteiger partial charge in [-0.15, -0.1) is 0 Å². The van der Waals surface area contributed by atoms with E-state index in [0.29, 0.717) is 18.7 Å². The van der Waals surface area contributed by atoms with Gasteiger partial charge in [0.05, 0.1) is 13.7 Å². The van der Waals surface area contributed by atoms with Gasteiger partial charge in [0.2, 0.25) is 5.91 Å². The zero-order valence-corrected chi connectivity index (χ0v) is 17.0. The minimum Gasteiger partial charge on any atom is -0.497 e. The molecule has 0 aromatic heterocycles. The molecule has 0 saturated heterocycles. The number of hydrogen-bond donors (Lipinski definition) is 1. The third-order valence-electron chi connectivity index (χ3n) is 3.91. The molecule has 0 aliphatic carbocycles. The highest BCUT2D eigenvalue weighted by molar-refractivity contribution is 9.10. The van der Waals surface area contributed by atoms with Crippen LogP contribution < -0.4 is 14.8 Å². The first-order valence-corrected chi connectivity index (χ1v) is 9.33. The molecule has 7 heteroatoms. The number of halogens is 1. The lowest BCUT2D eigenvalue weighted by atomic mass is 10.2. The number of benzene rings is 2. The Morgan fingerprint density at radius 2 is 1.67 bits per heavy atom. The second-order valence-electron chi connectivity index (χ2n) is 5.85. The molecule has 2 aromatic rings. The van der Waals surface area contributed by atoms with Crippen LogP contribution in [0.3, 0.4) is 0 Å². The lowest BCUT2D eigenvalue weighted by Gasteiger charge is -2.17. The molecule has 0 bridgehead atoms. The SMILES string of the molecule is COc1ccc(OCCN(C)C(=O)CCNC(=O)c2ccc(Br)cc2)cc1. The lowest BCUT2D eigenvalue weighted by Crippen LogP contribution is -2.34. The largest absolute Gasteiger partial charge is 0.497 e. The number of carbonyl (C=O) groups excluding carboxylic acids is 2. The van der Waals surface area contributed by atoms with Crippen molar-refractivity contribution in [2.75, 3.05) is 33.9 Å². The molecular formula is C20H23BrN2O4. The van der Waals surface area contributed by atoms with Gasteiger partial charge in [0, 0.05) is 30.0 Å². The van der Waals surface area contributed by atoms with Crippen molar-refractivity contribution in [1.82, 2.24) is 10.2 Å². The van der Waals surface area contributed by atoms with Crippen molar-refractivity contribution in [3.8, 4) is 11.5 Å². The van der Waals surface area contributed by atoms with Crippen LogP contribution in [0.5, 0.6) is 11.5 Å². The molecule has 0 radical (unpaired) electrons. The number of hydrogen-bond acceptors (Lipinski definition) is 4. The topological polar surface area (TPSA) is 67.9 Å². The third kappa shape index (κ3) is 6.94. The average molecular weight is 435 g/mol. The first-order chi connectivity index (χ1) is 13.0. The number of methoxy groups -OCH3 is 1. The quantitative estimate of drug-likeness (QED) is 0.658. The van der Waals surface area contributed by atoms with E-state index in [-0.39, 0.29) is 24.8 Å². The Kier molecular flexibility index (Phi) is 8.13. The summed E-state index contributed by atoms with van der Waals surface area (Å²) in [4.78, 5) is 25.7. The van der Waals surface area contributed by atoms with Crippen molar-refractivity contribution < 1.29 is 19.1 Å². The van der Waals surface area contributed by atoms with Crippen LogP contribution in [0.4, 0.5) is 0 Å². The van der Waals surface area contributed by atoms with E-state index < -0.39 is 0 Å². The second-order valence-corrected chi connectivity index (χ2v) is 6.77. The molecule has 27 heavy (non-hydrogen) atoms. The zero-order chi connectivity index (χ0) is 19.6. The normalized spacial score (nSPS) is 10.2. The van der Waals surface area contributed by atoms with Crippen LogP contribution in [-0.2, 0) is 4.79 Å². The van der Waals surface area contributed by atoms with Crippen LogP contribution in [0.1, 0.15) is 16.8 Å². The van der Waals surface area contributed by atoms with Crippen molar-refractivity contribution in [2.45, 2.75) is 6.42 Å². The minimum absolute atomic E-state index is 0.0514. The molecule has 0 aliphatic heterocycles. The van der Waals surface area contributed by atoms with E-state index in [2.05, 4.69) is 21.2 Å². The smallest absolute Gasteiger partial charge is 0.251 e. The minimum atomic E-state index is -0.194. The van der Waals surface area contributed by atoms with Crippen LogP contribution in [0.25, 0.3) is 0 Å². The fourth-order valence-electron chi connectivity index (χ4n) is 2.27.